The second-order valence-electron chi connectivity index (χ2n) is 29.5. The van der Waals surface area contributed by atoms with Crippen molar-refractivity contribution in [3.05, 3.63) is 146 Å². The van der Waals surface area contributed by atoms with E-state index in [0.717, 1.165) is 116 Å². The zero-order valence-corrected chi connectivity index (χ0v) is 68.0. The molecule has 0 rings (SSSR count). The fourth-order valence-electron chi connectivity index (χ4n) is 12.0. The second kappa shape index (κ2) is 81.0. The summed E-state index contributed by atoms with van der Waals surface area (Å²) in [5, 5.41) is 0. The number of carbonyl (C=O) groups excluding carboxylic acids is 2. The summed E-state index contributed by atoms with van der Waals surface area (Å²) < 4.78 is 34.9. The van der Waals surface area contributed by atoms with Gasteiger partial charge in [-0.15, -0.1) is 0 Å². The summed E-state index contributed by atoms with van der Waals surface area (Å²) in [5.41, 5.74) is 0. The third-order valence-electron chi connectivity index (χ3n) is 18.4. The standard InChI is InChI=1S/C92H160NO8P/c1-6-8-10-12-14-16-18-20-22-24-26-28-30-32-34-36-38-40-42-44-45-46-47-49-50-52-54-56-58-60-62-64-66-68-70-72-74-76-78-80-82-84-91(94)98-88-90(89-100-102(96,97)99-87-86-93(3,4)5)101-92(95)85-83-81-79-77-75-73-71-69-67-65-63-61-59-57-55-53-51-48-43-41-39-37-35-33-31-29-27-25-23-21-19-17-15-13-11-9-7-2/h8-11,14-17,20-23,26-29,32-35,39,41,48,51,90H,6-7,12-13,18-19,24-25,30-31,36-38,40,42-47,49-50,52-89H2,1-5H3/p+1/b10-8-,11-9-,16-14-,17-15-,22-20-,23-21-,28-26-,29-27-,34-32-,35-33-,41-39-,51-48-. The summed E-state index contributed by atoms with van der Waals surface area (Å²) in [6, 6.07) is 0. The van der Waals surface area contributed by atoms with E-state index in [1.54, 1.807) is 0 Å². The number of hydrogen-bond acceptors (Lipinski definition) is 7. The van der Waals surface area contributed by atoms with Crippen LogP contribution in [0.1, 0.15) is 373 Å². The van der Waals surface area contributed by atoms with Crippen molar-refractivity contribution in [3.63, 3.8) is 0 Å². The normalized spacial score (nSPS) is 13.7. The van der Waals surface area contributed by atoms with Crippen LogP contribution in [0.25, 0.3) is 0 Å². The molecular weight excluding hydrogens is 1280 g/mol. The van der Waals surface area contributed by atoms with E-state index in [9.17, 15) is 19.0 Å². The largest absolute Gasteiger partial charge is 0.472 e. The molecule has 2 atom stereocenters. The fourth-order valence-corrected chi connectivity index (χ4v) is 12.7. The zero-order valence-electron chi connectivity index (χ0n) is 67.1. The molecule has 0 aromatic carbocycles. The molecule has 0 saturated heterocycles. The number of likely N-dealkylation sites (N-methyl/N-ethyl adjacent to an activating group) is 1. The molecule has 2 unspecified atom stereocenters. The van der Waals surface area contributed by atoms with Crippen molar-refractivity contribution in [2.75, 3.05) is 47.5 Å². The van der Waals surface area contributed by atoms with Crippen LogP contribution in [-0.4, -0.2) is 74.9 Å². The van der Waals surface area contributed by atoms with Crippen LogP contribution in [0.5, 0.6) is 0 Å². The first-order chi connectivity index (χ1) is 50.0. The molecule has 0 heterocycles. The number of quaternary nitrogens is 1. The first-order valence-electron chi connectivity index (χ1n) is 42.6. The average molecular weight is 1440 g/mol. The van der Waals surface area contributed by atoms with E-state index in [2.05, 4.69) is 160 Å². The summed E-state index contributed by atoms with van der Waals surface area (Å²) in [4.78, 5) is 36.0. The quantitative estimate of drug-likeness (QED) is 0.0211. The Labute approximate surface area is 631 Å². The van der Waals surface area contributed by atoms with E-state index in [1.807, 2.05) is 21.1 Å². The van der Waals surface area contributed by atoms with E-state index < -0.39 is 26.5 Å². The van der Waals surface area contributed by atoms with Gasteiger partial charge >= 0.3 is 19.8 Å². The van der Waals surface area contributed by atoms with Gasteiger partial charge in [-0.1, -0.05) is 391 Å². The highest BCUT2D eigenvalue weighted by Crippen LogP contribution is 2.43. The van der Waals surface area contributed by atoms with Gasteiger partial charge in [0, 0.05) is 12.8 Å². The minimum atomic E-state index is -4.40. The van der Waals surface area contributed by atoms with Gasteiger partial charge in [0.05, 0.1) is 27.7 Å². The fraction of sp³-hybridized carbons (Fsp3) is 0.717. The van der Waals surface area contributed by atoms with Crippen LogP contribution < -0.4 is 0 Å². The molecule has 0 bridgehead atoms. The van der Waals surface area contributed by atoms with Crippen LogP contribution in [0.15, 0.2) is 146 Å². The molecule has 0 radical (unpaired) electrons. The van der Waals surface area contributed by atoms with E-state index in [-0.39, 0.29) is 32.0 Å². The summed E-state index contributed by atoms with van der Waals surface area (Å²) >= 11 is 0. The summed E-state index contributed by atoms with van der Waals surface area (Å²) in [5.74, 6) is -0.785. The van der Waals surface area contributed by atoms with Crippen molar-refractivity contribution in [2.45, 2.75) is 380 Å². The van der Waals surface area contributed by atoms with Gasteiger partial charge < -0.3 is 18.9 Å². The summed E-state index contributed by atoms with van der Waals surface area (Å²) in [7, 11) is 1.48. The van der Waals surface area contributed by atoms with Crippen LogP contribution >= 0.6 is 7.82 Å². The van der Waals surface area contributed by atoms with Gasteiger partial charge in [0.25, 0.3) is 0 Å². The highest BCUT2D eigenvalue weighted by Gasteiger charge is 2.27. The Balaban J connectivity index is 3.92. The first kappa shape index (κ1) is 97.9. The lowest BCUT2D eigenvalue weighted by Crippen LogP contribution is -2.37. The monoisotopic (exact) mass is 1440 g/mol. The Morgan fingerprint density at radius 2 is 0.529 bits per heavy atom. The molecule has 0 aromatic rings. The van der Waals surface area contributed by atoms with Gasteiger partial charge in [-0.05, 0) is 116 Å². The Kier molecular flexibility index (Phi) is 77.7. The third-order valence-corrected chi connectivity index (χ3v) is 19.3. The number of unbranched alkanes of at least 4 members (excludes halogenated alkanes) is 40. The number of phosphoric acid groups is 1. The summed E-state index contributed by atoms with van der Waals surface area (Å²) in [6.07, 6.45) is 120. The van der Waals surface area contributed by atoms with E-state index in [4.69, 9.17) is 18.5 Å². The molecule has 0 aliphatic rings. The Hall–Kier alpha value is -4.11. The van der Waals surface area contributed by atoms with Crippen molar-refractivity contribution in [2.24, 2.45) is 0 Å². The lowest BCUT2D eigenvalue weighted by molar-refractivity contribution is -0.870. The maximum Gasteiger partial charge on any atom is 0.472 e. The molecule has 0 fully saturated rings. The zero-order chi connectivity index (χ0) is 74.0. The minimum Gasteiger partial charge on any atom is -0.462 e. The first-order valence-corrected chi connectivity index (χ1v) is 44.1. The number of phosphoric ester groups is 1. The maximum atomic E-state index is 12.9. The number of carbonyl (C=O) groups is 2. The van der Waals surface area contributed by atoms with Gasteiger partial charge in [-0.3, -0.25) is 18.6 Å². The van der Waals surface area contributed by atoms with Crippen LogP contribution in [0.2, 0.25) is 0 Å². The van der Waals surface area contributed by atoms with Gasteiger partial charge in [0.2, 0.25) is 0 Å². The maximum absolute atomic E-state index is 12.9. The van der Waals surface area contributed by atoms with Crippen molar-refractivity contribution in [1.29, 1.82) is 0 Å². The number of ether oxygens (including phenoxy) is 2. The predicted octanol–water partition coefficient (Wildman–Crippen LogP) is 28.8. The van der Waals surface area contributed by atoms with Crippen molar-refractivity contribution < 1.29 is 42.1 Å². The topological polar surface area (TPSA) is 108 Å². The number of esters is 2. The smallest absolute Gasteiger partial charge is 0.462 e. The van der Waals surface area contributed by atoms with Gasteiger partial charge in [0.1, 0.15) is 19.8 Å². The van der Waals surface area contributed by atoms with Crippen molar-refractivity contribution in [3.8, 4) is 0 Å². The molecule has 0 aliphatic carbocycles. The number of allylic oxidation sites excluding steroid dienone is 24. The highest BCUT2D eigenvalue weighted by molar-refractivity contribution is 7.47. The lowest BCUT2D eigenvalue weighted by atomic mass is 10.0. The molecule has 1 N–H and O–H groups in total. The number of rotatable bonds is 78. The Morgan fingerprint density at radius 1 is 0.304 bits per heavy atom. The lowest BCUT2D eigenvalue weighted by Gasteiger charge is -2.24. The SMILES string of the molecule is CC/C=C\C/C=C\C/C=C\C/C=C\C/C=C\C/C=C\C/C=C\CCCCCCCCCCCCCCCCCC(=O)OC(COC(=O)CCCCCCCCCCCCCCCCCCCCCCCCCCC/C=C\C/C=C\C/C=C\C/C=C\C/C=C\CC)COP(=O)(O)OCC[N+](C)(C)C. The van der Waals surface area contributed by atoms with Crippen LogP contribution in [0, 0.1) is 0 Å². The molecule has 0 amide bonds. The van der Waals surface area contributed by atoms with Gasteiger partial charge in [-0.2, -0.15) is 0 Å². The molecule has 0 aliphatic heterocycles. The molecule has 0 spiro atoms. The van der Waals surface area contributed by atoms with Crippen molar-refractivity contribution >= 4 is 19.8 Å². The second-order valence-corrected chi connectivity index (χ2v) is 30.9. The third kappa shape index (κ3) is 84.8. The number of nitrogens with zero attached hydrogens (tertiary/aromatic N) is 1. The molecular formula is C92H161NO8P+. The van der Waals surface area contributed by atoms with E-state index in [0.29, 0.717) is 17.4 Å². The highest BCUT2D eigenvalue weighted by atomic mass is 31.2. The molecule has 0 aromatic heterocycles. The molecule has 0 saturated carbocycles. The Morgan fingerprint density at radius 3 is 0.784 bits per heavy atom. The van der Waals surface area contributed by atoms with Crippen molar-refractivity contribution in [1.82, 2.24) is 0 Å². The molecule has 102 heavy (non-hydrogen) atoms. The van der Waals surface area contributed by atoms with E-state index in [1.165, 1.54) is 225 Å². The van der Waals surface area contributed by atoms with E-state index >= 15 is 0 Å². The van der Waals surface area contributed by atoms with Gasteiger partial charge in [0.15, 0.2) is 6.10 Å². The van der Waals surface area contributed by atoms with Gasteiger partial charge in [-0.25, -0.2) is 4.57 Å². The minimum absolute atomic E-state index is 0.0292. The predicted molar refractivity (Wildman–Crippen MR) is 445 cm³/mol. The summed E-state index contributed by atoms with van der Waals surface area (Å²) in [6.45, 7) is 4.24. The van der Waals surface area contributed by atoms with Crippen LogP contribution in [-0.2, 0) is 32.7 Å². The molecule has 10 heteroatoms. The molecule has 586 valence electrons. The molecule has 9 nitrogen and oxygen atoms in total. The van der Waals surface area contributed by atoms with Crippen LogP contribution in [0.4, 0.5) is 0 Å². The van der Waals surface area contributed by atoms with Crippen LogP contribution in [0.3, 0.4) is 0 Å². The average Bonchev–Trinajstić information content (AvgIpc) is 0.913. The number of hydrogen-bond donors (Lipinski definition) is 1. The Bertz CT molecular complexity index is 2240.